The number of nitrogens with zero attached hydrogens (tertiary/aromatic N) is 1. The van der Waals surface area contributed by atoms with Crippen molar-refractivity contribution < 1.29 is 9.18 Å². The molecule has 0 atom stereocenters. The van der Waals surface area contributed by atoms with Crippen LogP contribution in [-0.2, 0) is 0 Å². The summed E-state index contributed by atoms with van der Waals surface area (Å²) >= 11 is 9.02. The molecule has 0 aliphatic heterocycles. The number of benzene rings is 2. The number of hydrogen-bond donors (Lipinski definition) is 0. The third-order valence-electron chi connectivity index (χ3n) is 3.07. The molecule has 104 valence electrons. The van der Waals surface area contributed by atoms with Crippen LogP contribution in [0.2, 0.25) is 5.02 Å². The lowest BCUT2D eigenvalue weighted by Crippen LogP contribution is -2.08. The van der Waals surface area contributed by atoms with Gasteiger partial charge in [0.25, 0.3) is 0 Å². The largest absolute Gasteiger partial charge is 0.287 e. The van der Waals surface area contributed by atoms with E-state index in [2.05, 4.69) is 20.9 Å². The van der Waals surface area contributed by atoms with Crippen LogP contribution in [-0.4, -0.2) is 10.8 Å². The van der Waals surface area contributed by atoms with Gasteiger partial charge in [0.15, 0.2) is 0 Å². The normalized spacial score (nSPS) is 10.8. The SMILES string of the molecule is O=C(c1ccc(Cl)cc1F)c1nc2ccccc2cc1Br. The second-order valence-corrected chi connectivity index (χ2v) is 5.76. The molecular formula is C16H8BrClFNO. The summed E-state index contributed by atoms with van der Waals surface area (Å²) in [6.07, 6.45) is 0. The molecule has 0 unspecified atom stereocenters. The number of rotatable bonds is 2. The second-order valence-electron chi connectivity index (χ2n) is 4.46. The highest BCUT2D eigenvalue weighted by Gasteiger charge is 2.19. The number of ketones is 1. The van der Waals surface area contributed by atoms with E-state index in [-0.39, 0.29) is 16.3 Å². The van der Waals surface area contributed by atoms with E-state index < -0.39 is 11.6 Å². The van der Waals surface area contributed by atoms with Crippen LogP contribution in [0, 0.1) is 5.82 Å². The fraction of sp³-hybridized carbons (Fsp3) is 0. The summed E-state index contributed by atoms with van der Waals surface area (Å²) in [5.41, 5.74) is 0.802. The third kappa shape index (κ3) is 2.69. The van der Waals surface area contributed by atoms with Crippen LogP contribution in [0.1, 0.15) is 16.1 Å². The Balaban J connectivity index is 2.15. The molecule has 0 bridgehead atoms. The molecule has 3 rings (SSSR count). The minimum Gasteiger partial charge on any atom is -0.287 e. The van der Waals surface area contributed by atoms with Crippen molar-refractivity contribution in [3.05, 3.63) is 75.1 Å². The molecule has 0 amide bonds. The minimum atomic E-state index is -0.658. The predicted octanol–water partition coefficient (Wildman–Crippen LogP) is 5.02. The summed E-state index contributed by atoms with van der Waals surface area (Å²) in [4.78, 5) is 16.8. The number of para-hydroxylation sites is 1. The zero-order valence-corrected chi connectivity index (χ0v) is 13.0. The van der Waals surface area contributed by atoms with Crippen molar-refractivity contribution in [2.24, 2.45) is 0 Å². The fourth-order valence-electron chi connectivity index (χ4n) is 2.05. The Hall–Kier alpha value is -1.78. The molecule has 0 aliphatic rings. The number of pyridine rings is 1. The van der Waals surface area contributed by atoms with Crippen molar-refractivity contribution in [1.29, 1.82) is 0 Å². The first kappa shape index (κ1) is 14.2. The van der Waals surface area contributed by atoms with Gasteiger partial charge in [0.1, 0.15) is 11.5 Å². The van der Waals surface area contributed by atoms with Gasteiger partial charge >= 0.3 is 0 Å². The molecule has 2 nitrogen and oxygen atoms in total. The van der Waals surface area contributed by atoms with Gasteiger partial charge in [-0.15, -0.1) is 0 Å². The van der Waals surface area contributed by atoms with Crippen molar-refractivity contribution in [2.45, 2.75) is 0 Å². The smallest absolute Gasteiger partial charge is 0.215 e. The Bertz CT molecular complexity index is 866. The molecule has 0 saturated heterocycles. The van der Waals surface area contributed by atoms with Gasteiger partial charge in [-0.05, 0) is 46.3 Å². The maximum atomic E-state index is 13.9. The average Bonchev–Trinajstić information content (AvgIpc) is 2.46. The van der Waals surface area contributed by atoms with Gasteiger partial charge in [0.05, 0.1) is 11.1 Å². The van der Waals surface area contributed by atoms with E-state index in [0.29, 0.717) is 9.99 Å². The first-order valence-electron chi connectivity index (χ1n) is 6.11. The van der Waals surface area contributed by atoms with E-state index in [1.54, 1.807) is 12.1 Å². The van der Waals surface area contributed by atoms with Crippen LogP contribution in [0.15, 0.2) is 53.0 Å². The summed E-state index contributed by atoms with van der Waals surface area (Å²) in [5.74, 6) is -1.14. The van der Waals surface area contributed by atoms with E-state index >= 15 is 0 Å². The molecule has 0 fully saturated rings. The predicted molar refractivity (Wildman–Crippen MR) is 84.3 cm³/mol. The van der Waals surface area contributed by atoms with E-state index in [0.717, 1.165) is 11.5 Å². The Morgan fingerprint density at radius 1 is 1.14 bits per heavy atom. The molecule has 2 aromatic carbocycles. The van der Waals surface area contributed by atoms with Gasteiger partial charge in [0, 0.05) is 14.9 Å². The van der Waals surface area contributed by atoms with E-state index in [9.17, 15) is 9.18 Å². The molecule has 21 heavy (non-hydrogen) atoms. The van der Waals surface area contributed by atoms with Crippen molar-refractivity contribution in [2.75, 3.05) is 0 Å². The Kier molecular flexibility index (Phi) is 3.74. The van der Waals surface area contributed by atoms with E-state index in [1.165, 1.54) is 12.1 Å². The molecule has 0 aliphatic carbocycles. The van der Waals surface area contributed by atoms with Crippen molar-refractivity contribution in [3.63, 3.8) is 0 Å². The van der Waals surface area contributed by atoms with E-state index in [1.807, 2.05) is 18.2 Å². The van der Waals surface area contributed by atoms with Gasteiger partial charge in [-0.25, -0.2) is 9.37 Å². The number of aromatic nitrogens is 1. The lowest BCUT2D eigenvalue weighted by molar-refractivity contribution is 0.103. The molecule has 0 saturated carbocycles. The molecular weight excluding hydrogens is 357 g/mol. The maximum Gasteiger partial charge on any atom is 0.215 e. The Morgan fingerprint density at radius 3 is 2.67 bits per heavy atom. The topological polar surface area (TPSA) is 30.0 Å². The van der Waals surface area contributed by atoms with Gasteiger partial charge in [-0.2, -0.15) is 0 Å². The lowest BCUT2D eigenvalue weighted by atomic mass is 10.1. The van der Waals surface area contributed by atoms with Crippen molar-refractivity contribution in [3.8, 4) is 0 Å². The number of carbonyl (C=O) groups excluding carboxylic acids is 1. The van der Waals surface area contributed by atoms with Gasteiger partial charge in [0.2, 0.25) is 5.78 Å². The zero-order valence-electron chi connectivity index (χ0n) is 10.6. The summed E-state index contributed by atoms with van der Waals surface area (Å²) in [5, 5.41) is 1.15. The average molecular weight is 365 g/mol. The molecule has 0 N–H and O–H groups in total. The number of hydrogen-bond acceptors (Lipinski definition) is 2. The standard InChI is InChI=1S/C16H8BrClFNO/c17-12-7-9-3-1-2-4-14(9)20-15(12)16(21)11-6-5-10(18)8-13(11)19/h1-8H. The molecule has 0 spiro atoms. The van der Waals surface area contributed by atoms with Crippen LogP contribution in [0.3, 0.4) is 0 Å². The Morgan fingerprint density at radius 2 is 1.90 bits per heavy atom. The summed E-state index contributed by atoms with van der Waals surface area (Å²) in [6.45, 7) is 0. The summed E-state index contributed by atoms with van der Waals surface area (Å²) < 4.78 is 14.4. The number of carbonyl (C=O) groups is 1. The van der Waals surface area contributed by atoms with Crippen LogP contribution < -0.4 is 0 Å². The minimum absolute atomic E-state index is 0.0529. The number of halogens is 3. The monoisotopic (exact) mass is 363 g/mol. The fourth-order valence-corrected chi connectivity index (χ4v) is 2.72. The molecule has 1 heterocycles. The molecule has 3 aromatic rings. The molecule has 0 radical (unpaired) electrons. The van der Waals surface area contributed by atoms with Crippen molar-refractivity contribution in [1.82, 2.24) is 4.98 Å². The molecule has 1 aromatic heterocycles. The third-order valence-corrected chi connectivity index (χ3v) is 3.91. The Labute approximate surface area is 133 Å². The number of fused-ring (bicyclic) bond motifs is 1. The summed E-state index contributed by atoms with van der Waals surface area (Å²) in [6, 6.07) is 13.2. The van der Waals surface area contributed by atoms with Crippen LogP contribution in [0.25, 0.3) is 10.9 Å². The highest BCUT2D eigenvalue weighted by molar-refractivity contribution is 9.10. The highest BCUT2D eigenvalue weighted by Crippen LogP contribution is 2.25. The summed E-state index contributed by atoms with van der Waals surface area (Å²) in [7, 11) is 0. The maximum absolute atomic E-state index is 13.9. The highest BCUT2D eigenvalue weighted by atomic mass is 79.9. The first-order chi connectivity index (χ1) is 10.1. The van der Waals surface area contributed by atoms with Crippen LogP contribution in [0.5, 0.6) is 0 Å². The van der Waals surface area contributed by atoms with Crippen LogP contribution >= 0.6 is 27.5 Å². The van der Waals surface area contributed by atoms with Gasteiger partial charge in [-0.1, -0.05) is 29.8 Å². The van der Waals surface area contributed by atoms with Gasteiger partial charge in [-0.3, -0.25) is 4.79 Å². The molecule has 5 heteroatoms. The van der Waals surface area contributed by atoms with Crippen LogP contribution in [0.4, 0.5) is 4.39 Å². The first-order valence-corrected chi connectivity index (χ1v) is 7.28. The second kappa shape index (κ2) is 5.54. The van der Waals surface area contributed by atoms with E-state index in [4.69, 9.17) is 11.6 Å². The zero-order chi connectivity index (χ0) is 15.0. The quantitative estimate of drug-likeness (QED) is 0.598. The van der Waals surface area contributed by atoms with Gasteiger partial charge < -0.3 is 0 Å². The van der Waals surface area contributed by atoms with Crippen molar-refractivity contribution >= 4 is 44.2 Å². The lowest BCUT2D eigenvalue weighted by Gasteiger charge is -2.06.